The van der Waals surface area contributed by atoms with Gasteiger partial charge < -0.3 is 84.2 Å². The van der Waals surface area contributed by atoms with Gasteiger partial charge in [0.1, 0.15) is 73.2 Å². The van der Waals surface area contributed by atoms with Gasteiger partial charge >= 0.3 is 0 Å². The Labute approximate surface area is 364 Å². The predicted molar refractivity (Wildman–Crippen MR) is 216 cm³/mol. The minimum Gasteiger partial charge on any atom is -0.394 e. The van der Waals surface area contributed by atoms with Crippen LogP contribution in [0.1, 0.15) is 92.9 Å². The molecule has 0 bridgehead atoms. The highest BCUT2D eigenvalue weighted by molar-refractivity contribution is 5.16. The van der Waals surface area contributed by atoms with E-state index in [1.54, 1.807) is 0 Å². The summed E-state index contributed by atoms with van der Waals surface area (Å²) in [7, 11) is 0. The van der Waals surface area contributed by atoms with Crippen molar-refractivity contribution in [2.45, 2.75) is 209 Å². The Morgan fingerprint density at radius 2 is 1.16 bits per heavy atom. The summed E-state index contributed by atoms with van der Waals surface area (Å²) in [5.74, 6) is 2.56. The van der Waals surface area contributed by atoms with E-state index in [1.807, 2.05) is 0 Å². The van der Waals surface area contributed by atoms with E-state index < -0.39 is 111 Å². The van der Waals surface area contributed by atoms with Gasteiger partial charge in [-0.05, 0) is 118 Å². The fourth-order valence-electron chi connectivity index (χ4n) is 14.0. The molecule has 4 aliphatic heterocycles. The predicted octanol–water partition coefficient (Wildman–Crippen LogP) is -0.153. The minimum absolute atomic E-state index is 0.111. The third-order valence-electron chi connectivity index (χ3n) is 17.3. The summed E-state index contributed by atoms with van der Waals surface area (Å²) < 4.78 is 42.0. The molecule has 27 atom stereocenters. The maximum Gasteiger partial charge on any atom is 0.187 e. The lowest BCUT2D eigenvalue weighted by Gasteiger charge is -2.61. The zero-order valence-electron chi connectivity index (χ0n) is 36.9. The van der Waals surface area contributed by atoms with Crippen LogP contribution >= 0.6 is 0 Å². The molecule has 0 amide bonds. The van der Waals surface area contributed by atoms with Crippen LogP contribution in [0.2, 0.25) is 0 Å². The first-order chi connectivity index (χ1) is 29.3. The van der Waals surface area contributed by atoms with Crippen molar-refractivity contribution in [1.29, 1.82) is 0 Å². The highest BCUT2D eigenvalue weighted by Crippen LogP contribution is 2.69. The van der Waals surface area contributed by atoms with Crippen LogP contribution in [0.4, 0.5) is 0 Å². The van der Waals surface area contributed by atoms with Gasteiger partial charge in [-0.1, -0.05) is 32.4 Å². The lowest BCUT2D eigenvalue weighted by Crippen LogP contribution is -2.66. The number of rotatable bonds is 9. The topological polar surface area (TPSA) is 267 Å². The zero-order valence-corrected chi connectivity index (χ0v) is 36.9. The van der Waals surface area contributed by atoms with Gasteiger partial charge in [-0.2, -0.15) is 0 Å². The smallest absolute Gasteiger partial charge is 0.187 e. The molecule has 356 valence electrons. The van der Waals surface area contributed by atoms with Gasteiger partial charge in [0.15, 0.2) is 18.9 Å². The summed E-state index contributed by atoms with van der Waals surface area (Å²) in [6.45, 7) is 11.3. The summed E-state index contributed by atoms with van der Waals surface area (Å²) in [5, 5.41) is 108. The highest BCUT2D eigenvalue weighted by Gasteiger charge is 2.65. The lowest BCUT2D eigenvalue weighted by atomic mass is 9.44. The standard InChI is InChI=1S/C45H74O17/c1-18(2)13-27-31(48)19(3)30-26(58-27)15-25-23-8-7-21-14-22(9-11-44(21,5)24(23)10-12-45(25,30)6)57-42-37(54)34(51)40(28(16-46)59-42)62-43-38(55)35(52)39(29(17-47)60-43)61-41-36(53)33(50)32(49)20(4)56-41/h13,19-43,46-55H,7-12,14-17H2,1-6H3/t19-,20-,21+,22-,23+,24-,25-,26-,27-,28+,29+,30-,31+,32-,33+,34+,35+,36+,37+,38+,39+,40+,41-,42+,43-,44-,45-/m0/s1. The summed E-state index contributed by atoms with van der Waals surface area (Å²) in [6.07, 6.45) is -13.7. The molecule has 62 heavy (non-hydrogen) atoms. The first-order valence-electron chi connectivity index (χ1n) is 23.2. The van der Waals surface area contributed by atoms with Gasteiger partial charge in [0.25, 0.3) is 0 Å². The van der Waals surface area contributed by atoms with E-state index in [2.05, 4.69) is 40.7 Å². The molecule has 0 unspecified atom stereocenters. The minimum atomic E-state index is -1.86. The third-order valence-corrected chi connectivity index (χ3v) is 17.3. The van der Waals surface area contributed by atoms with E-state index in [0.717, 1.165) is 56.9 Å². The van der Waals surface area contributed by atoms with Crippen LogP contribution in [0, 0.1) is 46.3 Å². The Kier molecular flexibility index (Phi) is 14.0. The number of aliphatic hydroxyl groups excluding tert-OH is 10. The Balaban J connectivity index is 0.876. The molecule has 4 heterocycles. The molecule has 10 N–H and O–H groups in total. The van der Waals surface area contributed by atoms with Gasteiger partial charge in [-0.3, -0.25) is 0 Å². The number of hydrogen-bond donors (Lipinski definition) is 10. The largest absolute Gasteiger partial charge is 0.394 e. The number of ether oxygens (including phenoxy) is 7. The van der Waals surface area contributed by atoms with Crippen LogP contribution in [-0.2, 0) is 33.2 Å². The molecule has 4 saturated heterocycles. The normalized spacial score (nSPS) is 56.5. The van der Waals surface area contributed by atoms with E-state index in [0.29, 0.717) is 29.6 Å². The van der Waals surface area contributed by atoms with Crippen LogP contribution in [-0.4, -0.2) is 181 Å². The Hall–Kier alpha value is -0.940. The molecule has 17 nitrogen and oxygen atoms in total. The fraction of sp³-hybridized carbons (Fsp3) is 0.956. The number of aliphatic hydroxyl groups is 10. The lowest BCUT2D eigenvalue weighted by molar-refractivity contribution is -0.380. The van der Waals surface area contributed by atoms with Crippen molar-refractivity contribution in [1.82, 2.24) is 0 Å². The van der Waals surface area contributed by atoms with Crippen molar-refractivity contribution >= 4 is 0 Å². The quantitative estimate of drug-likeness (QED) is 0.107. The van der Waals surface area contributed by atoms with E-state index in [1.165, 1.54) is 6.92 Å². The van der Waals surface area contributed by atoms with Crippen LogP contribution in [0.3, 0.4) is 0 Å². The second-order valence-corrected chi connectivity index (χ2v) is 21.0. The molecule has 8 fully saturated rings. The molecule has 4 saturated carbocycles. The maximum atomic E-state index is 11.4. The Morgan fingerprint density at radius 1 is 0.597 bits per heavy atom. The van der Waals surface area contributed by atoms with Crippen LogP contribution in [0.15, 0.2) is 11.6 Å². The first kappa shape index (κ1) is 47.5. The van der Waals surface area contributed by atoms with Crippen molar-refractivity contribution in [3.63, 3.8) is 0 Å². The van der Waals surface area contributed by atoms with Gasteiger partial charge in [0, 0.05) is 0 Å². The van der Waals surface area contributed by atoms with Gasteiger partial charge in [-0.15, -0.1) is 0 Å². The van der Waals surface area contributed by atoms with Crippen molar-refractivity contribution in [2.24, 2.45) is 46.3 Å². The van der Waals surface area contributed by atoms with Crippen LogP contribution < -0.4 is 0 Å². The third kappa shape index (κ3) is 8.17. The second kappa shape index (κ2) is 18.3. The van der Waals surface area contributed by atoms with Crippen LogP contribution in [0.25, 0.3) is 0 Å². The van der Waals surface area contributed by atoms with Gasteiger partial charge in [-0.25, -0.2) is 0 Å². The van der Waals surface area contributed by atoms with Crippen molar-refractivity contribution in [3.8, 4) is 0 Å². The molecule has 0 spiro atoms. The first-order valence-corrected chi connectivity index (χ1v) is 23.2. The molecule has 8 rings (SSSR count). The average Bonchev–Trinajstić information content (AvgIpc) is 3.54. The molecule has 0 aromatic heterocycles. The Bertz CT molecular complexity index is 1560. The maximum absolute atomic E-state index is 11.4. The second-order valence-electron chi connectivity index (χ2n) is 21.0. The highest BCUT2D eigenvalue weighted by atomic mass is 16.8. The molecule has 17 heteroatoms. The Morgan fingerprint density at radius 3 is 1.76 bits per heavy atom. The van der Waals surface area contributed by atoms with E-state index in [4.69, 9.17) is 33.2 Å². The van der Waals surface area contributed by atoms with E-state index >= 15 is 0 Å². The van der Waals surface area contributed by atoms with Crippen LogP contribution in [0.5, 0.6) is 0 Å². The number of allylic oxidation sites excluding steroid dienone is 1. The van der Waals surface area contributed by atoms with E-state index in [-0.39, 0.29) is 35.1 Å². The van der Waals surface area contributed by atoms with Gasteiger partial charge in [0.2, 0.25) is 0 Å². The van der Waals surface area contributed by atoms with Crippen molar-refractivity contribution in [3.05, 3.63) is 11.6 Å². The molecular formula is C45H74O17. The zero-order chi connectivity index (χ0) is 44.7. The summed E-state index contributed by atoms with van der Waals surface area (Å²) in [6, 6.07) is 0. The fourth-order valence-corrected chi connectivity index (χ4v) is 14.0. The number of hydrogen-bond acceptors (Lipinski definition) is 17. The molecular weight excluding hydrogens is 812 g/mol. The number of fused-ring (bicyclic) bond motifs is 7. The van der Waals surface area contributed by atoms with Crippen molar-refractivity contribution in [2.75, 3.05) is 13.2 Å². The molecule has 0 aromatic carbocycles. The molecule has 0 aromatic rings. The monoisotopic (exact) mass is 886 g/mol. The average molecular weight is 887 g/mol. The van der Waals surface area contributed by atoms with Gasteiger partial charge in [0.05, 0.1) is 37.6 Å². The molecule has 4 aliphatic carbocycles. The summed E-state index contributed by atoms with van der Waals surface area (Å²) in [5.41, 5.74) is 1.39. The molecule has 8 aliphatic rings. The van der Waals surface area contributed by atoms with E-state index in [9.17, 15) is 51.1 Å². The SMILES string of the molecule is CC(C)=C[C@@H]1O[C@H]2C[C@H]3[C@@H]4CC[C@@H]5C[C@@H](O[C@@H]6O[C@H](CO)[C@@H](O[C@@H]7O[C@H](CO)[C@@H](O[C@@H]8O[C@@H](C)[C@H](O)[C@@H](O)[C@H]8O)[C@H](O)[C@H]7O)[C@H](O)[C@H]6O)CC[C@]5(C)[C@H]4CC[C@]3(C)[C@H]2[C@H](C)[C@H]1O. The summed E-state index contributed by atoms with van der Waals surface area (Å²) >= 11 is 0. The molecule has 0 radical (unpaired) electrons. The van der Waals surface area contributed by atoms with Crippen molar-refractivity contribution < 1.29 is 84.2 Å². The summed E-state index contributed by atoms with van der Waals surface area (Å²) in [4.78, 5) is 0.